The fourth-order valence-corrected chi connectivity index (χ4v) is 2.87. The molecule has 0 aliphatic carbocycles. The van der Waals surface area contributed by atoms with Crippen molar-refractivity contribution in [2.75, 3.05) is 31.1 Å². The summed E-state index contributed by atoms with van der Waals surface area (Å²) in [6.07, 6.45) is -0.271. The van der Waals surface area contributed by atoms with Gasteiger partial charge in [0.05, 0.1) is 15.7 Å². The zero-order valence-electron chi connectivity index (χ0n) is 12.5. The van der Waals surface area contributed by atoms with Crippen LogP contribution in [0.15, 0.2) is 18.2 Å². The molecule has 1 aliphatic heterocycles. The zero-order chi connectivity index (χ0) is 15.6. The van der Waals surface area contributed by atoms with Crippen molar-refractivity contribution in [3.05, 3.63) is 28.2 Å². The smallest absolute Gasteiger partial charge is 0.410 e. The number of nitrogens with zero attached hydrogens (tertiary/aromatic N) is 2. The van der Waals surface area contributed by atoms with Crippen LogP contribution in [0.5, 0.6) is 0 Å². The average molecular weight is 331 g/mol. The molecule has 1 saturated heterocycles. The largest absolute Gasteiger partial charge is 0.444 e. The van der Waals surface area contributed by atoms with Gasteiger partial charge in [0, 0.05) is 26.2 Å². The van der Waals surface area contributed by atoms with Gasteiger partial charge in [-0.3, -0.25) is 0 Å². The van der Waals surface area contributed by atoms with E-state index in [-0.39, 0.29) is 6.09 Å². The van der Waals surface area contributed by atoms with Gasteiger partial charge in [-0.15, -0.1) is 0 Å². The van der Waals surface area contributed by atoms with Gasteiger partial charge in [-0.25, -0.2) is 4.79 Å². The Morgan fingerprint density at radius 2 is 1.62 bits per heavy atom. The lowest BCUT2D eigenvalue weighted by molar-refractivity contribution is 0.0240. The number of amides is 1. The van der Waals surface area contributed by atoms with E-state index in [1.54, 1.807) is 4.90 Å². The predicted octanol–water partition coefficient (Wildman–Crippen LogP) is 4.05. The van der Waals surface area contributed by atoms with E-state index >= 15 is 0 Å². The topological polar surface area (TPSA) is 32.8 Å². The van der Waals surface area contributed by atoms with Crippen molar-refractivity contribution in [2.45, 2.75) is 26.4 Å². The highest BCUT2D eigenvalue weighted by Gasteiger charge is 2.27. The lowest BCUT2D eigenvalue weighted by Gasteiger charge is -2.37. The van der Waals surface area contributed by atoms with E-state index in [9.17, 15) is 4.79 Å². The van der Waals surface area contributed by atoms with E-state index in [1.165, 1.54) is 0 Å². The Morgan fingerprint density at radius 1 is 1.10 bits per heavy atom. The minimum absolute atomic E-state index is 0.271. The molecule has 116 valence electrons. The second-order valence-electron chi connectivity index (χ2n) is 6.02. The van der Waals surface area contributed by atoms with Crippen LogP contribution in [-0.4, -0.2) is 42.8 Å². The summed E-state index contributed by atoms with van der Waals surface area (Å²) >= 11 is 12.4. The number of benzene rings is 1. The molecule has 1 fully saturated rings. The lowest BCUT2D eigenvalue weighted by atomic mass is 10.2. The maximum absolute atomic E-state index is 12.0. The van der Waals surface area contributed by atoms with Crippen LogP contribution < -0.4 is 4.90 Å². The van der Waals surface area contributed by atoms with Crippen molar-refractivity contribution in [3.8, 4) is 0 Å². The summed E-state index contributed by atoms with van der Waals surface area (Å²) in [7, 11) is 0. The molecule has 0 N–H and O–H groups in total. The number of carbonyl (C=O) groups excluding carboxylic acids is 1. The fourth-order valence-electron chi connectivity index (χ4n) is 2.23. The van der Waals surface area contributed by atoms with E-state index in [4.69, 9.17) is 27.9 Å². The number of piperazine rings is 1. The number of anilines is 1. The highest BCUT2D eigenvalue weighted by atomic mass is 35.5. The molecular weight excluding hydrogens is 311 g/mol. The highest BCUT2D eigenvalue weighted by Crippen LogP contribution is 2.34. The molecule has 0 unspecified atom stereocenters. The quantitative estimate of drug-likeness (QED) is 0.778. The SMILES string of the molecule is CC(C)(C)OC(=O)N1CCN(c2c(Cl)cccc2Cl)CC1. The van der Waals surface area contributed by atoms with Crippen molar-refractivity contribution in [1.82, 2.24) is 4.90 Å². The van der Waals surface area contributed by atoms with Crippen molar-refractivity contribution in [1.29, 1.82) is 0 Å². The van der Waals surface area contributed by atoms with Crippen LogP contribution >= 0.6 is 23.2 Å². The molecule has 0 radical (unpaired) electrons. The maximum Gasteiger partial charge on any atom is 0.410 e. The molecule has 0 spiro atoms. The average Bonchev–Trinajstić information content (AvgIpc) is 2.37. The van der Waals surface area contributed by atoms with E-state index < -0.39 is 5.60 Å². The number of ether oxygens (including phenoxy) is 1. The molecular formula is C15H20Cl2N2O2. The number of para-hydroxylation sites is 1. The lowest BCUT2D eigenvalue weighted by Crippen LogP contribution is -2.50. The highest BCUT2D eigenvalue weighted by molar-refractivity contribution is 6.39. The minimum atomic E-state index is -0.472. The van der Waals surface area contributed by atoms with E-state index in [0.29, 0.717) is 36.2 Å². The van der Waals surface area contributed by atoms with Crippen LogP contribution in [0.1, 0.15) is 20.8 Å². The molecule has 0 aromatic heterocycles. The summed E-state index contributed by atoms with van der Waals surface area (Å²) in [5.74, 6) is 0. The number of hydrogen-bond acceptors (Lipinski definition) is 3. The van der Waals surface area contributed by atoms with Crippen LogP contribution in [-0.2, 0) is 4.74 Å². The molecule has 21 heavy (non-hydrogen) atoms. The minimum Gasteiger partial charge on any atom is -0.444 e. The standard InChI is InChI=1S/C15H20Cl2N2O2/c1-15(2,3)21-14(20)19-9-7-18(8-10-19)13-11(16)5-4-6-12(13)17/h4-6H,7-10H2,1-3H3. The zero-order valence-corrected chi connectivity index (χ0v) is 14.0. The molecule has 1 heterocycles. The van der Waals surface area contributed by atoms with Gasteiger partial charge in [0.25, 0.3) is 0 Å². The molecule has 2 rings (SSSR count). The van der Waals surface area contributed by atoms with Crippen molar-refractivity contribution in [3.63, 3.8) is 0 Å². The molecule has 0 atom stereocenters. The summed E-state index contributed by atoms with van der Waals surface area (Å²) in [6.45, 7) is 8.15. The Balaban J connectivity index is 1.99. The Morgan fingerprint density at radius 3 is 2.10 bits per heavy atom. The summed E-state index contributed by atoms with van der Waals surface area (Å²) in [6, 6.07) is 5.47. The summed E-state index contributed by atoms with van der Waals surface area (Å²) in [5.41, 5.74) is 0.366. The summed E-state index contributed by atoms with van der Waals surface area (Å²) < 4.78 is 5.38. The Hall–Kier alpha value is -1.13. The Kier molecular flexibility index (Phi) is 4.89. The van der Waals surface area contributed by atoms with E-state index in [2.05, 4.69) is 4.90 Å². The van der Waals surface area contributed by atoms with Crippen molar-refractivity contribution in [2.24, 2.45) is 0 Å². The Labute approximate surface area is 135 Å². The molecule has 0 bridgehead atoms. The first-order chi connectivity index (χ1) is 9.78. The molecule has 4 nitrogen and oxygen atoms in total. The van der Waals surface area contributed by atoms with Crippen LogP contribution in [0.4, 0.5) is 10.5 Å². The molecule has 1 aromatic carbocycles. The predicted molar refractivity (Wildman–Crippen MR) is 86.5 cm³/mol. The third-order valence-electron chi connectivity index (χ3n) is 3.19. The maximum atomic E-state index is 12.0. The number of rotatable bonds is 1. The molecule has 6 heteroatoms. The number of carbonyl (C=O) groups is 1. The van der Waals surface area contributed by atoms with Gasteiger partial charge in [0.2, 0.25) is 0 Å². The van der Waals surface area contributed by atoms with Gasteiger partial charge in [-0.05, 0) is 32.9 Å². The van der Waals surface area contributed by atoms with Crippen LogP contribution in [0.25, 0.3) is 0 Å². The Bertz CT molecular complexity index is 501. The number of halogens is 2. The third kappa shape index (κ3) is 4.17. The van der Waals surface area contributed by atoms with Gasteiger partial charge in [-0.2, -0.15) is 0 Å². The molecule has 1 aliphatic rings. The molecule has 1 amide bonds. The fraction of sp³-hybridized carbons (Fsp3) is 0.533. The van der Waals surface area contributed by atoms with Crippen molar-refractivity contribution >= 4 is 35.0 Å². The van der Waals surface area contributed by atoms with Gasteiger partial charge < -0.3 is 14.5 Å². The van der Waals surface area contributed by atoms with Crippen LogP contribution in [0, 0.1) is 0 Å². The summed E-state index contributed by atoms with van der Waals surface area (Å²) in [4.78, 5) is 15.8. The van der Waals surface area contributed by atoms with Crippen LogP contribution in [0.2, 0.25) is 10.0 Å². The first-order valence-electron chi connectivity index (χ1n) is 6.95. The first kappa shape index (κ1) is 16.2. The van der Waals surface area contributed by atoms with Gasteiger partial charge >= 0.3 is 6.09 Å². The van der Waals surface area contributed by atoms with Crippen molar-refractivity contribution < 1.29 is 9.53 Å². The van der Waals surface area contributed by atoms with Crippen LogP contribution in [0.3, 0.4) is 0 Å². The second kappa shape index (κ2) is 6.32. The monoisotopic (exact) mass is 330 g/mol. The van der Waals surface area contributed by atoms with Gasteiger partial charge in [-0.1, -0.05) is 29.3 Å². The summed E-state index contributed by atoms with van der Waals surface area (Å²) in [5, 5.41) is 1.27. The first-order valence-corrected chi connectivity index (χ1v) is 7.70. The molecule has 0 saturated carbocycles. The third-order valence-corrected chi connectivity index (χ3v) is 3.80. The molecule has 1 aromatic rings. The normalized spacial score (nSPS) is 16.0. The van der Waals surface area contributed by atoms with E-state index in [1.807, 2.05) is 39.0 Å². The van der Waals surface area contributed by atoms with Gasteiger partial charge in [0.1, 0.15) is 5.60 Å². The van der Waals surface area contributed by atoms with E-state index in [0.717, 1.165) is 5.69 Å². The second-order valence-corrected chi connectivity index (χ2v) is 6.84. The van der Waals surface area contributed by atoms with Gasteiger partial charge in [0.15, 0.2) is 0 Å². The number of hydrogen-bond donors (Lipinski definition) is 0.